The number of ether oxygens (including phenoxy) is 2. The molecule has 0 unspecified atom stereocenters. The lowest BCUT2D eigenvalue weighted by Gasteiger charge is -2.14. The molecule has 5 nitrogen and oxygen atoms in total. The topological polar surface area (TPSA) is 59.9 Å². The second-order valence-corrected chi connectivity index (χ2v) is 8.21. The van der Waals surface area contributed by atoms with Gasteiger partial charge in [-0.05, 0) is 51.3 Å². The van der Waals surface area contributed by atoms with Gasteiger partial charge < -0.3 is 9.47 Å². The molecule has 0 aliphatic heterocycles. The van der Waals surface area contributed by atoms with E-state index in [1.54, 1.807) is 25.3 Å². The van der Waals surface area contributed by atoms with Gasteiger partial charge in [0, 0.05) is 15.6 Å². The van der Waals surface area contributed by atoms with Gasteiger partial charge in [0.05, 0.1) is 24.2 Å². The molecule has 3 rings (SSSR count). The van der Waals surface area contributed by atoms with Crippen molar-refractivity contribution in [2.24, 2.45) is 5.10 Å². The van der Waals surface area contributed by atoms with Crippen LogP contribution in [0.3, 0.4) is 0 Å². The lowest BCUT2D eigenvalue weighted by molar-refractivity contribution is -0.120. The highest BCUT2D eigenvalue weighted by atomic mass is 79.9. The van der Waals surface area contributed by atoms with Gasteiger partial charge in [-0.1, -0.05) is 59.6 Å². The summed E-state index contributed by atoms with van der Waals surface area (Å²) in [4.78, 5) is 12.0. The molecule has 3 aromatic rings. The normalized spacial score (nSPS) is 10.8. The van der Waals surface area contributed by atoms with Crippen molar-refractivity contribution in [3.63, 3.8) is 0 Å². The number of benzene rings is 3. The zero-order valence-corrected chi connectivity index (χ0v) is 19.7. The van der Waals surface area contributed by atoms with Crippen molar-refractivity contribution in [1.82, 2.24) is 5.43 Å². The zero-order chi connectivity index (χ0) is 22.2. The molecule has 3 aromatic carbocycles. The number of hydrazone groups is 1. The summed E-state index contributed by atoms with van der Waals surface area (Å²) in [6.07, 6.45) is 1.79. The minimum atomic E-state index is -0.201. The molecule has 0 fully saturated rings. The third-order valence-electron chi connectivity index (χ3n) is 4.25. The second kappa shape index (κ2) is 11.2. The Morgan fingerprint density at radius 1 is 1.13 bits per heavy atom. The third-order valence-corrected chi connectivity index (χ3v) is 5.43. The molecule has 8 heteroatoms. The summed E-state index contributed by atoms with van der Waals surface area (Å²) in [6.45, 7) is 0.244. The second-order valence-electron chi connectivity index (χ2n) is 6.51. The zero-order valence-electron chi connectivity index (χ0n) is 16.6. The van der Waals surface area contributed by atoms with Gasteiger partial charge in [0.1, 0.15) is 6.61 Å². The molecule has 0 aromatic heterocycles. The fourth-order valence-corrected chi connectivity index (χ4v) is 3.78. The van der Waals surface area contributed by atoms with Gasteiger partial charge in [-0.3, -0.25) is 4.79 Å². The van der Waals surface area contributed by atoms with E-state index in [0.717, 1.165) is 16.7 Å². The van der Waals surface area contributed by atoms with Crippen LogP contribution in [-0.4, -0.2) is 19.2 Å². The standard InChI is InChI=1S/C23H19BrCl2N2O3/c1-30-21-10-16(13-27-28-22(29)11-15-5-3-2-4-6-15)9-19(24)23(21)31-14-17-7-8-18(25)12-20(17)26/h2-10,12-13H,11,14H2,1H3,(H,28,29)/b27-13-. The molecule has 0 atom stereocenters. The summed E-state index contributed by atoms with van der Waals surface area (Å²) in [7, 11) is 1.55. The summed E-state index contributed by atoms with van der Waals surface area (Å²) >= 11 is 15.6. The minimum absolute atomic E-state index is 0.201. The van der Waals surface area contributed by atoms with E-state index in [1.165, 1.54) is 6.21 Å². The Bertz CT molecular complexity index is 1090. The molecule has 0 aliphatic rings. The van der Waals surface area contributed by atoms with Gasteiger partial charge in [0.2, 0.25) is 5.91 Å². The van der Waals surface area contributed by atoms with Gasteiger partial charge in [-0.2, -0.15) is 5.10 Å². The van der Waals surface area contributed by atoms with E-state index in [-0.39, 0.29) is 18.9 Å². The third kappa shape index (κ3) is 6.72. The number of hydrogen-bond donors (Lipinski definition) is 1. The Morgan fingerprint density at radius 3 is 2.61 bits per heavy atom. The van der Waals surface area contributed by atoms with Crippen molar-refractivity contribution in [2.75, 3.05) is 7.11 Å². The van der Waals surface area contributed by atoms with Crippen molar-refractivity contribution in [3.05, 3.63) is 91.9 Å². The summed E-state index contributed by atoms with van der Waals surface area (Å²) in [5, 5.41) is 5.11. The molecule has 1 amide bonds. The summed E-state index contributed by atoms with van der Waals surface area (Å²) in [5.74, 6) is 0.837. The highest BCUT2D eigenvalue weighted by Crippen LogP contribution is 2.37. The average molecular weight is 522 g/mol. The van der Waals surface area contributed by atoms with Crippen molar-refractivity contribution >= 4 is 51.3 Å². The molecule has 0 bridgehead atoms. The van der Waals surface area contributed by atoms with Crippen molar-refractivity contribution in [1.29, 1.82) is 0 Å². The van der Waals surface area contributed by atoms with E-state index < -0.39 is 0 Å². The highest BCUT2D eigenvalue weighted by Gasteiger charge is 2.13. The van der Waals surface area contributed by atoms with E-state index in [9.17, 15) is 4.79 Å². The first-order chi connectivity index (χ1) is 15.0. The van der Waals surface area contributed by atoms with Gasteiger partial charge in [0.25, 0.3) is 0 Å². The summed E-state index contributed by atoms with van der Waals surface area (Å²) in [5.41, 5.74) is 4.97. The molecule has 0 heterocycles. The first kappa shape index (κ1) is 23.1. The number of amides is 1. The van der Waals surface area contributed by atoms with Crippen LogP contribution in [0.25, 0.3) is 0 Å². The van der Waals surface area contributed by atoms with Crippen LogP contribution in [0, 0.1) is 0 Å². The number of nitrogens with one attached hydrogen (secondary N) is 1. The molecule has 0 aliphatic carbocycles. The average Bonchev–Trinajstić information content (AvgIpc) is 2.74. The number of hydrogen-bond acceptors (Lipinski definition) is 4. The van der Waals surface area contributed by atoms with E-state index in [4.69, 9.17) is 32.7 Å². The molecular weight excluding hydrogens is 503 g/mol. The van der Waals surface area contributed by atoms with Gasteiger partial charge in [-0.25, -0.2) is 5.43 Å². The van der Waals surface area contributed by atoms with E-state index >= 15 is 0 Å². The number of rotatable bonds is 8. The maximum atomic E-state index is 12.0. The van der Waals surface area contributed by atoms with Crippen LogP contribution in [0.2, 0.25) is 10.0 Å². The Balaban J connectivity index is 1.65. The van der Waals surface area contributed by atoms with Crippen LogP contribution in [-0.2, 0) is 17.8 Å². The molecule has 31 heavy (non-hydrogen) atoms. The fraction of sp³-hybridized carbons (Fsp3) is 0.130. The maximum Gasteiger partial charge on any atom is 0.244 e. The Kier molecular flexibility index (Phi) is 8.35. The summed E-state index contributed by atoms with van der Waals surface area (Å²) in [6, 6.07) is 18.3. The fourth-order valence-electron chi connectivity index (χ4n) is 2.74. The first-order valence-corrected chi connectivity index (χ1v) is 10.8. The number of nitrogens with zero attached hydrogens (tertiary/aromatic N) is 1. The number of halogens is 3. The van der Waals surface area contributed by atoms with Crippen LogP contribution in [0.5, 0.6) is 11.5 Å². The smallest absolute Gasteiger partial charge is 0.244 e. The lowest BCUT2D eigenvalue weighted by atomic mass is 10.1. The van der Waals surface area contributed by atoms with E-state index in [1.807, 2.05) is 42.5 Å². The quantitative estimate of drug-likeness (QED) is 0.290. The molecule has 0 spiro atoms. The highest BCUT2D eigenvalue weighted by molar-refractivity contribution is 9.10. The van der Waals surface area contributed by atoms with Crippen molar-refractivity contribution in [3.8, 4) is 11.5 Å². The SMILES string of the molecule is COc1cc(/C=N\NC(=O)Cc2ccccc2)cc(Br)c1OCc1ccc(Cl)cc1Cl. The number of carbonyl (C=O) groups excluding carboxylic acids is 1. The van der Waals surface area contributed by atoms with Gasteiger partial charge in [-0.15, -0.1) is 0 Å². The van der Waals surface area contributed by atoms with Crippen molar-refractivity contribution < 1.29 is 14.3 Å². The van der Waals surface area contributed by atoms with Crippen LogP contribution in [0.4, 0.5) is 0 Å². The first-order valence-electron chi connectivity index (χ1n) is 9.26. The molecular formula is C23H19BrCl2N2O3. The van der Waals surface area contributed by atoms with Crippen LogP contribution in [0.1, 0.15) is 16.7 Å². The summed E-state index contributed by atoms with van der Waals surface area (Å²) < 4.78 is 12.0. The molecule has 0 saturated carbocycles. The molecule has 160 valence electrons. The predicted octanol–water partition coefficient (Wildman–Crippen LogP) is 6.04. The van der Waals surface area contributed by atoms with Crippen LogP contribution >= 0.6 is 39.1 Å². The largest absolute Gasteiger partial charge is 0.493 e. The lowest BCUT2D eigenvalue weighted by Crippen LogP contribution is -2.19. The Labute approximate surface area is 199 Å². The number of methoxy groups -OCH3 is 1. The molecule has 0 radical (unpaired) electrons. The number of carbonyl (C=O) groups is 1. The minimum Gasteiger partial charge on any atom is -0.493 e. The van der Waals surface area contributed by atoms with E-state index in [0.29, 0.717) is 26.0 Å². The maximum absolute atomic E-state index is 12.0. The molecule has 1 N–H and O–H groups in total. The van der Waals surface area contributed by atoms with E-state index in [2.05, 4.69) is 26.5 Å². The predicted molar refractivity (Wildman–Crippen MR) is 127 cm³/mol. The Hall–Kier alpha value is -2.54. The monoisotopic (exact) mass is 520 g/mol. The van der Waals surface area contributed by atoms with Crippen molar-refractivity contribution in [2.45, 2.75) is 13.0 Å². The van der Waals surface area contributed by atoms with Gasteiger partial charge in [0.15, 0.2) is 11.5 Å². The Morgan fingerprint density at radius 2 is 1.90 bits per heavy atom. The van der Waals surface area contributed by atoms with Gasteiger partial charge >= 0.3 is 0 Å². The molecule has 0 saturated heterocycles. The van der Waals surface area contributed by atoms with Crippen LogP contribution < -0.4 is 14.9 Å². The van der Waals surface area contributed by atoms with Crippen LogP contribution in [0.15, 0.2) is 70.2 Å².